The van der Waals surface area contributed by atoms with Crippen LogP contribution in [0.15, 0.2) is 125 Å². The van der Waals surface area contributed by atoms with Gasteiger partial charge in [0.05, 0.1) is 16.5 Å². The van der Waals surface area contributed by atoms with E-state index in [0.29, 0.717) is 15.6 Å². The summed E-state index contributed by atoms with van der Waals surface area (Å²) in [4.78, 5) is 17.4. The van der Waals surface area contributed by atoms with Crippen LogP contribution in [0, 0.1) is 0 Å². The summed E-state index contributed by atoms with van der Waals surface area (Å²) in [5.41, 5.74) is 23.9. The lowest BCUT2D eigenvalue weighted by atomic mass is 10.0. The summed E-state index contributed by atoms with van der Waals surface area (Å²) in [6.45, 7) is 21.3. The number of unbranched alkanes of at least 4 members (excludes halogenated alkanes) is 1. The molecule has 1 unspecified atom stereocenters. The topological polar surface area (TPSA) is 94.1 Å². The summed E-state index contributed by atoms with van der Waals surface area (Å²) in [6, 6.07) is 5.89. The first-order chi connectivity index (χ1) is 19.9. The molecule has 0 aromatic carbocycles. The molecule has 0 saturated heterocycles. The van der Waals surface area contributed by atoms with Crippen LogP contribution >= 0.6 is 22.7 Å². The summed E-state index contributed by atoms with van der Waals surface area (Å²) < 4.78 is 13.5. The Hall–Kier alpha value is -4.59. The number of aliphatic imine (C=N–C) groups is 1. The molecule has 0 amide bonds. The molecule has 0 aliphatic heterocycles. The van der Waals surface area contributed by atoms with Gasteiger partial charge in [-0.1, -0.05) is 48.9 Å². The average Bonchev–Trinajstić information content (AvgIpc) is 3.66. The Kier molecular flexibility index (Phi) is 17.1. The second-order valence-electron chi connectivity index (χ2n) is 7.34. The number of aromatic nitrogens is 3. The van der Waals surface area contributed by atoms with Gasteiger partial charge in [-0.3, -0.25) is 14.2 Å². The van der Waals surface area contributed by atoms with Gasteiger partial charge in [0, 0.05) is 46.9 Å². The zero-order valence-corrected chi connectivity index (χ0v) is 25.4. The maximum absolute atomic E-state index is 12.7. The Morgan fingerprint density at radius 2 is 1.78 bits per heavy atom. The Bertz CT molecular complexity index is 1610. The Morgan fingerprint density at radius 3 is 2.24 bits per heavy atom. The van der Waals surface area contributed by atoms with Gasteiger partial charge < -0.3 is 5.73 Å². The van der Waals surface area contributed by atoms with Crippen LogP contribution in [-0.2, 0) is 10.8 Å². The number of nitrogen functional groups attached to an aromatic ring is 1. The minimum absolute atomic E-state index is 0.571. The highest BCUT2D eigenvalue weighted by Crippen LogP contribution is 2.42. The summed E-state index contributed by atoms with van der Waals surface area (Å²) in [7, 11) is -1.11. The molecule has 0 aliphatic carbocycles. The summed E-state index contributed by atoms with van der Waals surface area (Å²) in [5.74, 6) is 0.620. The van der Waals surface area contributed by atoms with Crippen molar-refractivity contribution < 1.29 is 4.21 Å². The Morgan fingerprint density at radius 1 is 1.12 bits per heavy atom. The third-order valence-electron chi connectivity index (χ3n) is 4.66. The zero-order chi connectivity index (χ0) is 30.5. The van der Waals surface area contributed by atoms with E-state index >= 15 is 0 Å². The van der Waals surface area contributed by atoms with Gasteiger partial charge in [-0.2, -0.15) is 0 Å². The maximum Gasteiger partial charge on any atom is 0.141 e. The predicted octanol–water partition coefficient (Wildman–Crippen LogP) is 8.34. The van der Waals surface area contributed by atoms with Gasteiger partial charge in [0.2, 0.25) is 0 Å². The van der Waals surface area contributed by atoms with Crippen molar-refractivity contribution in [3.8, 4) is 21.8 Å². The number of hydrogen-bond acceptors (Lipinski definition) is 8. The number of fused-ring (bicyclic) bond motifs is 1. The highest BCUT2D eigenvalue weighted by molar-refractivity contribution is 7.87. The van der Waals surface area contributed by atoms with Gasteiger partial charge in [0.15, 0.2) is 0 Å². The molecule has 41 heavy (non-hydrogen) atoms. The number of nitrogens with zero attached hydrogens (tertiary/aromatic N) is 4. The molecule has 0 spiro atoms. The fraction of sp³-hybridized carbons (Fsp3) is 0.125. The number of pyridine rings is 2. The van der Waals surface area contributed by atoms with E-state index in [-0.39, 0.29) is 0 Å². The van der Waals surface area contributed by atoms with Gasteiger partial charge in [0.1, 0.15) is 19.7 Å². The van der Waals surface area contributed by atoms with E-state index in [2.05, 4.69) is 95.9 Å². The molecule has 0 saturated carbocycles. The van der Waals surface area contributed by atoms with Crippen molar-refractivity contribution in [1.29, 1.82) is 0 Å². The van der Waals surface area contributed by atoms with Crippen LogP contribution in [0.25, 0.3) is 32.0 Å². The van der Waals surface area contributed by atoms with Crippen molar-refractivity contribution in [1.82, 2.24) is 15.0 Å². The molecule has 208 valence electrons. The van der Waals surface area contributed by atoms with Gasteiger partial charge >= 0.3 is 0 Å². The molecule has 9 heteroatoms. The van der Waals surface area contributed by atoms with Crippen LogP contribution in [0.4, 0.5) is 5.69 Å². The standard InChI is InChI=1S/C19H18N4OS3.2C5H4.C3H5N/c1-2-3-9-27(24)19-16(20)15-13(12-5-4-6-21-11-12)10-14(23-18(15)26-19)17-22-7-8-25-17;2*1-3-5-4-2;1-3-4-2/h4-8,10-11H,2-3,9,20H2,1H3;2*1-2H2;3H,1-2H2. The molecule has 0 aliphatic rings. The molecular weight excluding hydrogens is 567 g/mol. The van der Waals surface area contributed by atoms with E-state index in [1.165, 1.54) is 17.5 Å². The van der Waals surface area contributed by atoms with E-state index in [0.717, 1.165) is 44.9 Å². The van der Waals surface area contributed by atoms with Crippen molar-refractivity contribution in [3.05, 3.63) is 116 Å². The van der Waals surface area contributed by atoms with Crippen molar-refractivity contribution >= 4 is 56.1 Å². The first-order valence-corrected chi connectivity index (χ1v) is 15.0. The van der Waals surface area contributed by atoms with Crippen LogP contribution in [0.2, 0.25) is 0 Å². The third kappa shape index (κ3) is 11.2. The van der Waals surface area contributed by atoms with E-state index in [4.69, 9.17) is 10.7 Å². The largest absolute Gasteiger partial charge is 0.396 e. The van der Waals surface area contributed by atoms with E-state index in [1.54, 1.807) is 23.7 Å². The molecule has 0 fully saturated rings. The zero-order valence-electron chi connectivity index (χ0n) is 23.0. The molecule has 4 rings (SSSR count). The summed E-state index contributed by atoms with van der Waals surface area (Å²) in [6.07, 6.45) is 8.62. The molecule has 2 N–H and O–H groups in total. The van der Waals surface area contributed by atoms with Gasteiger partial charge in [-0.05, 0) is 68.6 Å². The van der Waals surface area contributed by atoms with E-state index in [9.17, 15) is 4.21 Å². The molecular formula is C32H31N5OS3. The number of rotatable bonds is 7. The highest BCUT2D eigenvalue weighted by Gasteiger charge is 2.21. The molecule has 0 bridgehead atoms. The van der Waals surface area contributed by atoms with E-state index in [1.807, 2.05) is 29.8 Å². The smallest absolute Gasteiger partial charge is 0.141 e. The van der Waals surface area contributed by atoms with Crippen molar-refractivity contribution in [3.63, 3.8) is 0 Å². The molecule has 0 radical (unpaired) electrons. The first-order valence-electron chi connectivity index (χ1n) is 12.0. The maximum atomic E-state index is 12.7. The fourth-order valence-electron chi connectivity index (χ4n) is 2.97. The number of thiazole rings is 1. The molecule has 6 nitrogen and oxygen atoms in total. The number of thiophene rings is 1. The van der Waals surface area contributed by atoms with Crippen molar-refractivity contribution in [2.75, 3.05) is 11.5 Å². The predicted molar refractivity (Wildman–Crippen MR) is 178 cm³/mol. The molecule has 4 aromatic heterocycles. The lowest BCUT2D eigenvalue weighted by Crippen LogP contribution is -1.99. The minimum Gasteiger partial charge on any atom is -0.396 e. The van der Waals surface area contributed by atoms with Crippen LogP contribution in [0.5, 0.6) is 0 Å². The van der Waals surface area contributed by atoms with Crippen LogP contribution < -0.4 is 5.73 Å². The first kappa shape index (κ1) is 34.4. The normalized spacial score (nSPS) is 9.49. The second-order valence-corrected chi connectivity index (χ2v) is 11.0. The van der Waals surface area contributed by atoms with Crippen LogP contribution in [0.1, 0.15) is 19.8 Å². The third-order valence-corrected chi connectivity index (χ3v) is 8.45. The van der Waals surface area contributed by atoms with Gasteiger partial charge in [0.25, 0.3) is 0 Å². The molecule has 4 aromatic rings. The average molecular weight is 598 g/mol. The number of hydrogen-bond donors (Lipinski definition) is 1. The summed E-state index contributed by atoms with van der Waals surface area (Å²) in [5, 5.41) is 3.63. The van der Waals surface area contributed by atoms with Crippen molar-refractivity contribution in [2.45, 2.75) is 24.0 Å². The highest BCUT2D eigenvalue weighted by atomic mass is 32.2. The number of nitrogens with two attached hydrogens (primary N) is 1. The lowest BCUT2D eigenvalue weighted by molar-refractivity contribution is 0.681. The van der Waals surface area contributed by atoms with Crippen LogP contribution in [-0.4, -0.2) is 31.6 Å². The van der Waals surface area contributed by atoms with E-state index < -0.39 is 10.8 Å². The molecule has 1 atom stereocenters. The summed E-state index contributed by atoms with van der Waals surface area (Å²) >= 11 is 2.96. The quantitative estimate of drug-likeness (QED) is 0.171. The second kappa shape index (κ2) is 20.3. The molecule has 4 heterocycles. The fourth-order valence-corrected chi connectivity index (χ4v) is 6.37. The van der Waals surface area contributed by atoms with Crippen LogP contribution in [0.3, 0.4) is 0 Å². The lowest BCUT2D eigenvalue weighted by Gasteiger charge is -2.07. The Labute approximate surface area is 252 Å². The Balaban J connectivity index is 0.000000501. The monoisotopic (exact) mass is 597 g/mol. The number of anilines is 1. The minimum atomic E-state index is -1.11. The van der Waals surface area contributed by atoms with Gasteiger partial charge in [-0.15, -0.1) is 22.7 Å². The SMILES string of the molecule is C=C=C=C=C.C=C=C=C=C.C=CN=C.CCCCS(=O)c1sc2nc(-c3nccs3)cc(-c3cccnc3)c2c1N. The van der Waals surface area contributed by atoms with Gasteiger partial charge in [-0.25, -0.2) is 9.97 Å². The van der Waals surface area contributed by atoms with Crippen molar-refractivity contribution in [2.24, 2.45) is 4.99 Å².